The minimum atomic E-state index is -0.364. The van der Waals surface area contributed by atoms with E-state index in [0.29, 0.717) is 25.3 Å². The van der Waals surface area contributed by atoms with E-state index < -0.39 is 0 Å². The monoisotopic (exact) mass is 176 g/mol. The van der Waals surface area contributed by atoms with Crippen molar-refractivity contribution in [2.24, 2.45) is 0 Å². The second kappa shape index (κ2) is 6.03. The minimum absolute atomic E-state index is 0.364. The number of hydrogen-bond acceptors (Lipinski definition) is 3. The van der Waals surface area contributed by atoms with Crippen LogP contribution in [0.4, 0.5) is 4.79 Å². The first-order valence-corrected chi connectivity index (χ1v) is 4.00. The molecule has 0 atom stereocenters. The van der Waals surface area contributed by atoms with Crippen molar-refractivity contribution < 1.29 is 9.59 Å². The highest BCUT2D eigenvalue weighted by Gasteiger charge is 2.07. The highest BCUT2D eigenvalue weighted by molar-refractivity contribution is 7.80. The van der Waals surface area contributed by atoms with Gasteiger partial charge in [0.2, 0.25) is 6.41 Å². The minimum Gasteiger partial charge on any atom is -0.337 e. The molecule has 0 aliphatic rings. The van der Waals surface area contributed by atoms with Gasteiger partial charge in [0, 0.05) is 18.8 Å². The van der Waals surface area contributed by atoms with Crippen LogP contribution in [0.3, 0.4) is 0 Å². The predicted molar refractivity (Wildman–Crippen MR) is 45.7 cm³/mol. The average molecular weight is 176 g/mol. The van der Waals surface area contributed by atoms with Gasteiger partial charge in [-0.2, -0.15) is 12.6 Å². The fourth-order valence-electron chi connectivity index (χ4n) is 0.530. The van der Waals surface area contributed by atoms with Crippen LogP contribution >= 0.6 is 12.6 Å². The highest BCUT2D eigenvalue weighted by Crippen LogP contribution is 1.82. The Balaban J connectivity index is 3.69. The molecule has 3 amide bonds. The van der Waals surface area contributed by atoms with Gasteiger partial charge in [-0.3, -0.25) is 9.69 Å². The second-order valence-electron chi connectivity index (χ2n) is 1.85. The van der Waals surface area contributed by atoms with Crippen molar-refractivity contribution in [3.8, 4) is 0 Å². The Kier molecular flexibility index (Phi) is 5.64. The number of carbonyl (C=O) groups excluding carboxylic acids is 2. The first-order valence-electron chi connectivity index (χ1n) is 3.36. The Morgan fingerprint density at radius 3 is 2.73 bits per heavy atom. The summed E-state index contributed by atoms with van der Waals surface area (Å²) in [7, 11) is 0. The Hall–Kier alpha value is -0.710. The van der Waals surface area contributed by atoms with Crippen molar-refractivity contribution >= 4 is 25.1 Å². The van der Waals surface area contributed by atoms with E-state index in [4.69, 9.17) is 0 Å². The zero-order valence-corrected chi connectivity index (χ0v) is 7.30. The van der Waals surface area contributed by atoms with Gasteiger partial charge >= 0.3 is 6.03 Å². The number of amides is 3. The average Bonchev–Trinajstić information content (AvgIpc) is 2.03. The summed E-state index contributed by atoms with van der Waals surface area (Å²) in [4.78, 5) is 22.2. The fraction of sp³-hybridized carbons (Fsp3) is 0.667. The molecule has 0 aromatic rings. The number of nitrogens with one attached hydrogen (secondary N) is 1. The molecule has 0 bridgehead atoms. The number of rotatable bonds is 4. The van der Waals surface area contributed by atoms with Crippen LogP contribution in [0.1, 0.15) is 6.92 Å². The van der Waals surface area contributed by atoms with Gasteiger partial charge in [0.15, 0.2) is 0 Å². The summed E-state index contributed by atoms with van der Waals surface area (Å²) in [5, 5.41) is 2.51. The van der Waals surface area contributed by atoms with Crippen molar-refractivity contribution in [1.82, 2.24) is 10.2 Å². The van der Waals surface area contributed by atoms with Gasteiger partial charge in [-0.1, -0.05) is 0 Å². The van der Waals surface area contributed by atoms with E-state index in [1.807, 2.05) is 0 Å². The van der Waals surface area contributed by atoms with E-state index >= 15 is 0 Å². The van der Waals surface area contributed by atoms with Gasteiger partial charge < -0.3 is 5.32 Å². The van der Waals surface area contributed by atoms with Crippen molar-refractivity contribution in [1.29, 1.82) is 0 Å². The largest absolute Gasteiger partial charge is 0.337 e. The molecule has 4 nitrogen and oxygen atoms in total. The van der Waals surface area contributed by atoms with Crippen molar-refractivity contribution in [3.05, 3.63) is 0 Å². The molecule has 0 unspecified atom stereocenters. The van der Waals surface area contributed by atoms with E-state index in [9.17, 15) is 9.59 Å². The molecule has 0 aliphatic heterocycles. The quantitative estimate of drug-likeness (QED) is 0.471. The lowest BCUT2D eigenvalue weighted by molar-refractivity contribution is -0.115. The lowest BCUT2D eigenvalue weighted by atomic mass is 10.6. The van der Waals surface area contributed by atoms with Gasteiger partial charge in [0.1, 0.15) is 0 Å². The van der Waals surface area contributed by atoms with Gasteiger partial charge in [-0.25, -0.2) is 4.79 Å². The molecule has 0 aliphatic carbocycles. The smallest absolute Gasteiger partial charge is 0.323 e. The summed E-state index contributed by atoms with van der Waals surface area (Å²) in [6.45, 7) is 2.60. The molecule has 0 heterocycles. The molecule has 0 spiro atoms. The third-order valence-electron chi connectivity index (χ3n) is 1.12. The maximum Gasteiger partial charge on any atom is 0.323 e. The molecule has 0 saturated carbocycles. The molecule has 0 radical (unpaired) electrons. The summed E-state index contributed by atoms with van der Waals surface area (Å²) in [6, 6.07) is -0.364. The molecule has 0 aromatic heterocycles. The Morgan fingerprint density at radius 2 is 2.36 bits per heavy atom. The maximum absolute atomic E-state index is 10.9. The third-order valence-corrected chi connectivity index (χ3v) is 1.34. The fourth-order valence-corrected chi connectivity index (χ4v) is 0.642. The van der Waals surface area contributed by atoms with E-state index in [-0.39, 0.29) is 6.03 Å². The SMILES string of the molecule is CCN(C=O)C(=O)NCCS. The number of hydrogen-bond donors (Lipinski definition) is 2. The van der Waals surface area contributed by atoms with Gasteiger partial charge in [-0.05, 0) is 6.92 Å². The molecular formula is C6H12N2O2S. The van der Waals surface area contributed by atoms with Crippen LogP contribution < -0.4 is 5.32 Å². The van der Waals surface area contributed by atoms with Crippen molar-refractivity contribution in [2.45, 2.75) is 6.92 Å². The van der Waals surface area contributed by atoms with E-state index in [2.05, 4.69) is 17.9 Å². The van der Waals surface area contributed by atoms with Crippen LogP contribution in [0.2, 0.25) is 0 Å². The number of urea groups is 1. The van der Waals surface area contributed by atoms with Crippen molar-refractivity contribution in [2.75, 3.05) is 18.8 Å². The summed E-state index contributed by atoms with van der Waals surface area (Å²) in [5.74, 6) is 0.572. The first-order chi connectivity index (χ1) is 5.26. The lowest BCUT2D eigenvalue weighted by Gasteiger charge is -2.12. The van der Waals surface area contributed by atoms with E-state index in [1.54, 1.807) is 6.92 Å². The molecule has 11 heavy (non-hydrogen) atoms. The lowest BCUT2D eigenvalue weighted by Crippen LogP contribution is -2.39. The zero-order chi connectivity index (χ0) is 8.69. The van der Waals surface area contributed by atoms with Crippen LogP contribution in [0.15, 0.2) is 0 Å². The summed E-state index contributed by atoms with van der Waals surface area (Å²) in [6.07, 6.45) is 0.508. The molecule has 1 N–H and O–H groups in total. The number of thiol groups is 1. The molecule has 0 rings (SSSR count). The summed E-state index contributed by atoms with van der Waals surface area (Å²) < 4.78 is 0. The maximum atomic E-state index is 10.9. The van der Waals surface area contributed by atoms with Gasteiger partial charge in [0.05, 0.1) is 0 Å². The molecule has 0 saturated heterocycles. The van der Waals surface area contributed by atoms with Crippen LogP contribution in [0.5, 0.6) is 0 Å². The predicted octanol–water partition coefficient (Wildman–Crippen LogP) is 0.104. The van der Waals surface area contributed by atoms with Crippen LogP contribution in [0, 0.1) is 0 Å². The van der Waals surface area contributed by atoms with Crippen LogP contribution in [-0.2, 0) is 4.79 Å². The third kappa shape index (κ3) is 3.87. The van der Waals surface area contributed by atoms with Crippen LogP contribution in [-0.4, -0.2) is 36.2 Å². The van der Waals surface area contributed by atoms with Crippen molar-refractivity contribution in [3.63, 3.8) is 0 Å². The van der Waals surface area contributed by atoms with E-state index in [0.717, 1.165) is 4.90 Å². The molecule has 64 valence electrons. The number of carbonyl (C=O) groups is 2. The van der Waals surface area contributed by atoms with E-state index in [1.165, 1.54) is 0 Å². The topological polar surface area (TPSA) is 49.4 Å². The second-order valence-corrected chi connectivity index (χ2v) is 2.29. The molecule has 0 fully saturated rings. The standard InChI is InChI=1S/C6H12N2O2S/c1-2-8(5-9)6(10)7-3-4-11/h5,11H,2-4H2,1H3,(H,7,10). The Morgan fingerprint density at radius 1 is 1.73 bits per heavy atom. The molecular weight excluding hydrogens is 164 g/mol. The molecule has 5 heteroatoms. The normalized spacial score (nSPS) is 8.91. The summed E-state index contributed by atoms with van der Waals surface area (Å²) >= 11 is 3.90. The highest BCUT2D eigenvalue weighted by atomic mass is 32.1. The van der Waals surface area contributed by atoms with Gasteiger partial charge in [0.25, 0.3) is 0 Å². The van der Waals surface area contributed by atoms with Gasteiger partial charge in [-0.15, -0.1) is 0 Å². The van der Waals surface area contributed by atoms with Crippen LogP contribution in [0.25, 0.3) is 0 Å². The number of imide groups is 1. The zero-order valence-electron chi connectivity index (χ0n) is 6.41. The molecule has 0 aromatic carbocycles. The Labute approximate surface area is 71.4 Å². The Bertz CT molecular complexity index is 141. The first kappa shape index (κ1) is 10.3. The number of nitrogens with zero attached hydrogens (tertiary/aromatic N) is 1. The summed E-state index contributed by atoms with van der Waals surface area (Å²) in [5.41, 5.74) is 0.